The van der Waals surface area contributed by atoms with Crippen LogP contribution in [0.25, 0.3) is 0 Å². The van der Waals surface area contributed by atoms with Gasteiger partial charge < -0.3 is 20.3 Å². The molecule has 0 aliphatic heterocycles. The van der Waals surface area contributed by atoms with Gasteiger partial charge in [0.1, 0.15) is 6.10 Å². The van der Waals surface area contributed by atoms with E-state index in [0.29, 0.717) is 11.1 Å². The highest BCUT2D eigenvalue weighted by Crippen LogP contribution is 2.19. The van der Waals surface area contributed by atoms with Gasteiger partial charge in [0, 0.05) is 18.0 Å². The molecule has 0 unspecified atom stereocenters. The number of nitrogens with one attached hydrogen (secondary N) is 1. The number of rotatable bonds is 7. The van der Waals surface area contributed by atoms with Gasteiger partial charge in [-0.1, -0.05) is 36.4 Å². The third-order valence-corrected chi connectivity index (χ3v) is 3.54. The number of hydrogen-bond donors (Lipinski definition) is 3. The van der Waals surface area contributed by atoms with Crippen LogP contribution in [0.15, 0.2) is 54.9 Å². The highest BCUT2D eigenvalue weighted by atomic mass is 16.5. The maximum Gasteiger partial charge on any atom is 0.331 e. The summed E-state index contributed by atoms with van der Waals surface area (Å²) < 4.78 is 4.92. The fraction of sp³-hybridized carbons (Fsp3) is 0.278. The predicted molar refractivity (Wildman–Crippen MR) is 89.2 cm³/mol. The van der Waals surface area contributed by atoms with Crippen LogP contribution in [-0.2, 0) is 14.3 Å². The Bertz CT molecular complexity index is 693. The number of esters is 1. The van der Waals surface area contributed by atoms with Gasteiger partial charge in [0.15, 0.2) is 12.1 Å². The van der Waals surface area contributed by atoms with Crippen LogP contribution < -0.4 is 5.32 Å². The maximum atomic E-state index is 12.3. The number of carbonyl (C=O) groups excluding carboxylic acids is 2. The zero-order chi connectivity index (χ0) is 18.2. The first kappa shape index (κ1) is 18.6. The van der Waals surface area contributed by atoms with Crippen molar-refractivity contribution < 1.29 is 24.5 Å². The van der Waals surface area contributed by atoms with Gasteiger partial charge >= 0.3 is 5.97 Å². The van der Waals surface area contributed by atoms with Crippen molar-refractivity contribution in [1.82, 2.24) is 10.3 Å². The molecule has 0 aliphatic carbocycles. The number of amides is 1. The Hall–Kier alpha value is -2.77. The molecule has 1 aromatic carbocycles. The van der Waals surface area contributed by atoms with Crippen molar-refractivity contribution in [3.63, 3.8) is 0 Å². The fourth-order valence-electron chi connectivity index (χ4n) is 2.26. The Morgan fingerprint density at radius 3 is 2.40 bits per heavy atom. The van der Waals surface area contributed by atoms with E-state index in [0.717, 1.165) is 0 Å². The molecule has 2 rings (SSSR count). The van der Waals surface area contributed by atoms with Crippen molar-refractivity contribution in [2.75, 3.05) is 6.61 Å². The molecule has 0 bridgehead atoms. The maximum absolute atomic E-state index is 12.3. The molecule has 3 N–H and O–H groups in total. The van der Waals surface area contributed by atoms with Gasteiger partial charge in [-0.3, -0.25) is 9.78 Å². The van der Waals surface area contributed by atoms with Crippen LogP contribution in [0.3, 0.4) is 0 Å². The second-order valence-corrected chi connectivity index (χ2v) is 5.28. The number of carbonyl (C=O) groups is 2. The molecule has 0 spiro atoms. The molecule has 0 saturated carbocycles. The van der Waals surface area contributed by atoms with Crippen LogP contribution in [0, 0.1) is 0 Å². The summed E-state index contributed by atoms with van der Waals surface area (Å²) in [6.45, 7) is 1.71. The predicted octanol–water partition coefficient (Wildman–Crippen LogP) is 0.896. The minimum absolute atomic E-state index is 0.0895. The molecule has 0 aliphatic rings. The Balaban J connectivity index is 2.18. The molecule has 2 aromatic rings. The van der Waals surface area contributed by atoms with Crippen LogP contribution in [0.2, 0.25) is 0 Å². The second-order valence-electron chi connectivity index (χ2n) is 5.28. The number of benzene rings is 1. The zero-order valence-corrected chi connectivity index (χ0v) is 13.7. The smallest absolute Gasteiger partial charge is 0.331 e. The molecule has 1 aromatic heterocycles. The summed E-state index contributed by atoms with van der Waals surface area (Å²) in [6.07, 6.45) is 0.0724. The average molecular weight is 344 g/mol. The Morgan fingerprint density at radius 1 is 1.12 bits per heavy atom. The number of nitrogens with zero attached hydrogens (tertiary/aromatic N) is 1. The lowest BCUT2D eigenvalue weighted by molar-refractivity contribution is -0.152. The molecule has 1 heterocycles. The molecule has 3 atom stereocenters. The van der Waals surface area contributed by atoms with Crippen molar-refractivity contribution >= 4 is 11.9 Å². The lowest BCUT2D eigenvalue weighted by atomic mass is 10.0. The van der Waals surface area contributed by atoms with Gasteiger partial charge in [0.05, 0.1) is 6.61 Å². The minimum Gasteiger partial charge on any atom is -0.464 e. The van der Waals surface area contributed by atoms with E-state index >= 15 is 0 Å². The molecular formula is C18H20N2O5. The molecule has 25 heavy (non-hydrogen) atoms. The first-order chi connectivity index (χ1) is 12.0. The average Bonchev–Trinajstić information content (AvgIpc) is 2.66. The quantitative estimate of drug-likeness (QED) is 0.644. The van der Waals surface area contributed by atoms with E-state index < -0.39 is 30.1 Å². The summed E-state index contributed by atoms with van der Waals surface area (Å²) in [7, 11) is 0. The number of aromatic nitrogens is 1. The minimum atomic E-state index is -1.47. The molecule has 7 heteroatoms. The normalized spacial score (nSPS) is 14.2. The van der Waals surface area contributed by atoms with Crippen LogP contribution in [0.5, 0.6) is 0 Å². The topological polar surface area (TPSA) is 109 Å². The SMILES string of the molecule is CCOC(=O)[C@H](NC(=O)[C@@H](O)c1ccccc1)[C@H](O)c1cccnc1. The first-order valence-corrected chi connectivity index (χ1v) is 7.82. The molecule has 1 amide bonds. The number of aliphatic hydroxyl groups is 2. The Morgan fingerprint density at radius 2 is 1.80 bits per heavy atom. The van der Waals surface area contributed by atoms with Crippen molar-refractivity contribution in [3.05, 3.63) is 66.0 Å². The van der Waals surface area contributed by atoms with E-state index in [-0.39, 0.29) is 6.61 Å². The summed E-state index contributed by atoms with van der Waals surface area (Å²) >= 11 is 0. The number of ether oxygens (including phenoxy) is 1. The number of hydrogen-bond acceptors (Lipinski definition) is 6. The molecule has 0 saturated heterocycles. The van der Waals surface area contributed by atoms with Crippen molar-refractivity contribution in [1.29, 1.82) is 0 Å². The van der Waals surface area contributed by atoms with E-state index in [1.54, 1.807) is 49.4 Å². The van der Waals surface area contributed by atoms with Crippen LogP contribution >= 0.6 is 0 Å². The van der Waals surface area contributed by atoms with Gasteiger partial charge in [0.25, 0.3) is 5.91 Å². The molecule has 7 nitrogen and oxygen atoms in total. The largest absolute Gasteiger partial charge is 0.464 e. The van der Waals surface area contributed by atoms with E-state index in [2.05, 4.69) is 10.3 Å². The zero-order valence-electron chi connectivity index (χ0n) is 13.7. The highest BCUT2D eigenvalue weighted by molar-refractivity contribution is 5.88. The Kier molecular flexibility index (Phi) is 6.62. The molecular weight excluding hydrogens is 324 g/mol. The second kappa shape index (κ2) is 8.91. The van der Waals surface area contributed by atoms with Gasteiger partial charge in [0.2, 0.25) is 0 Å². The van der Waals surface area contributed by atoms with E-state index in [1.165, 1.54) is 12.4 Å². The van der Waals surface area contributed by atoms with Gasteiger partial charge in [-0.05, 0) is 18.6 Å². The van der Waals surface area contributed by atoms with Crippen molar-refractivity contribution in [2.24, 2.45) is 0 Å². The van der Waals surface area contributed by atoms with Gasteiger partial charge in [-0.15, -0.1) is 0 Å². The summed E-state index contributed by atoms with van der Waals surface area (Å²) in [5.74, 6) is -1.61. The van der Waals surface area contributed by atoms with Gasteiger partial charge in [-0.2, -0.15) is 0 Å². The molecule has 132 valence electrons. The first-order valence-electron chi connectivity index (χ1n) is 7.82. The summed E-state index contributed by atoms with van der Waals surface area (Å²) in [4.78, 5) is 28.3. The van der Waals surface area contributed by atoms with Crippen LogP contribution in [0.1, 0.15) is 30.3 Å². The summed E-state index contributed by atoms with van der Waals surface area (Å²) in [5.41, 5.74) is 0.716. The third kappa shape index (κ3) is 4.85. The standard InChI is InChI=1S/C18H20N2O5/c1-2-25-18(24)14(15(21)13-9-6-10-19-11-13)20-17(23)16(22)12-7-4-3-5-8-12/h3-11,14-16,21-22H,2H2,1H3,(H,20,23)/t14-,15-,16+/m1/s1. The van der Waals surface area contributed by atoms with Crippen molar-refractivity contribution in [2.45, 2.75) is 25.2 Å². The third-order valence-electron chi connectivity index (χ3n) is 3.54. The summed E-state index contributed by atoms with van der Waals surface area (Å²) in [6, 6.07) is 10.1. The number of aliphatic hydroxyl groups excluding tert-OH is 2. The van der Waals surface area contributed by atoms with Gasteiger partial charge in [-0.25, -0.2) is 4.79 Å². The lowest BCUT2D eigenvalue weighted by Gasteiger charge is -2.24. The monoisotopic (exact) mass is 344 g/mol. The molecule has 0 radical (unpaired) electrons. The lowest BCUT2D eigenvalue weighted by Crippen LogP contribution is -2.47. The van der Waals surface area contributed by atoms with E-state index in [9.17, 15) is 19.8 Å². The van der Waals surface area contributed by atoms with Crippen LogP contribution in [0.4, 0.5) is 0 Å². The fourth-order valence-corrected chi connectivity index (χ4v) is 2.26. The summed E-state index contributed by atoms with van der Waals surface area (Å²) in [5, 5.41) is 22.9. The van der Waals surface area contributed by atoms with Crippen LogP contribution in [-0.4, -0.2) is 39.7 Å². The highest BCUT2D eigenvalue weighted by Gasteiger charge is 2.33. The number of pyridine rings is 1. The van der Waals surface area contributed by atoms with E-state index in [4.69, 9.17) is 4.74 Å². The Labute approximate surface area is 145 Å². The van der Waals surface area contributed by atoms with Crippen molar-refractivity contribution in [3.8, 4) is 0 Å². The molecule has 0 fully saturated rings. The van der Waals surface area contributed by atoms with E-state index in [1.807, 2.05) is 0 Å².